The number of thiophene rings is 1. The third-order valence-corrected chi connectivity index (χ3v) is 4.79. The van der Waals surface area contributed by atoms with Crippen LogP contribution in [0.3, 0.4) is 0 Å². The molecule has 0 bridgehead atoms. The molecule has 1 fully saturated rings. The molecule has 2 aliphatic rings. The van der Waals surface area contributed by atoms with Gasteiger partial charge in [-0.1, -0.05) is 12.2 Å². The van der Waals surface area contributed by atoms with Crippen LogP contribution in [0.2, 0.25) is 0 Å². The van der Waals surface area contributed by atoms with Gasteiger partial charge in [0.1, 0.15) is 0 Å². The van der Waals surface area contributed by atoms with Crippen molar-refractivity contribution < 1.29 is 0 Å². The molecule has 15 heavy (non-hydrogen) atoms. The lowest BCUT2D eigenvalue weighted by atomic mass is 9.71. The van der Waals surface area contributed by atoms with Gasteiger partial charge in [0, 0.05) is 12.6 Å². The largest absolute Gasteiger partial charge is 0.309 e. The molecule has 1 saturated carbocycles. The minimum absolute atomic E-state index is 0.744. The second kappa shape index (κ2) is 3.76. The number of hydrogen-bond donors (Lipinski definition) is 1. The second-order valence-corrected chi connectivity index (χ2v) is 5.55. The first-order chi connectivity index (χ1) is 7.34. The number of nitrogens with one attached hydrogen (secondary N) is 1. The van der Waals surface area contributed by atoms with Gasteiger partial charge in [0.2, 0.25) is 0 Å². The van der Waals surface area contributed by atoms with Crippen LogP contribution in [0.5, 0.6) is 0 Å². The molecule has 3 unspecified atom stereocenters. The number of allylic oxidation sites excluding steroid dienone is 1. The molecule has 1 nitrogen and oxygen atoms in total. The van der Waals surface area contributed by atoms with Crippen LogP contribution in [0.4, 0.5) is 0 Å². The maximum atomic E-state index is 3.69. The summed E-state index contributed by atoms with van der Waals surface area (Å²) in [5.41, 5.74) is 2.91. The van der Waals surface area contributed by atoms with Gasteiger partial charge in [0.15, 0.2) is 0 Å². The van der Waals surface area contributed by atoms with E-state index in [0.29, 0.717) is 0 Å². The smallest absolute Gasteiger partial charge is 0.0219 e. The summed E-state index contributed by atoms with van der Waals surface area (Å²) in [5, 5.41) is 8.19. The fourth-order valence-electron chi connectivity index (χ4n) is 2.76. The van der Waals surface area contributed by atoms with Crippen LogP contribution in [-0.2, 0) is 6.54 Å². The summed E-state index contributed by atoms with van der Waals surface area (Å²) in [6.07, 6.45) is 7.46. The first kappa shape index (κ1) is 9.61. The zero-order valence-corrected chi connectivity index (χ0v) is 9.89. The number of hydrogen-bond acceptors (Lipinski definition) is 2. The maximum absolute atomic E-state index is 3.69. The highest BCUT2D eigenvalue weighted by Crippen LogP contribution is 2.42. The summed E-state index contributed by atoms with van der Waals surface area (Å²) in [4.78, 5) is 0. The molecular formula is C13H17NS. The molecule has 0 aromatic carbocycles. The first-order valence-corrected chi connectivity index (χ1v) is 6.70. The molecule has 2 heteroatoms. The highest BCUT2D eigenvalue weighted by molar-refractivity contribution is 7.08. The third kappa shape index (κ3) is 1.66. The Balaban J connectivity index is 1.55. The molecule has 1 aromatic rings. The van der Waals surface area contributed by atoms with Gasteiger partial charge < -0.3 is 5.32 Å². The molecule has 0 saturated heterocycles. The van der Waals surface area contributed by atoms with E-state index < -0.39 is 0 Å². The van der Waals surface area contributed by atoms with Crippen molar-refractivity contribution in [2.24, 2.45) is 11.8 Å². The van der Waals surface area contributed by atoms with Crippen LogP contribution >= 0.6 is 11.3 Å². The summed E-state index contributed by atoms with van der Waals surface area (Å²) >= 11 is 1.81. The normalized spacial score (nSPS) is 32.7. The van der Waals surface area contributed by atoms with E-state index in [0.717, 1.165) is 24.4 Å². The van der Waals surface area contributed by atoms with Crippen LogP contribution in [-0.4, -0.2) is 6.04 Å². The van der Waals surface area contributed by atoms with E-state index in [1.165, 1.54) is 24.0 Å². The average Bonchev–Trinajstić information content (AvgIpc) is 2.75. The Bertz CT molecular complexity index is 380. The van der Waals surface area contributed by atoms with Crippen molar-refractivity contribution in [2.75, 3.05) is 0 Å². The van der Waals surface area contributed by atoms with E-state index >= 15 is 0 Å². The fraction of sp³-hybridized carbons (Fsp3) is 0.538. The predicted molar refractivity (Wildman–Crippen MR) is 65.0 cm³/mol. The zero-order chi connectivity index (χ0) is 10.3. The molecule has 1 heterocycles. The van der Waals surface area contributed by atoms with Crippen LogP contribution in [0.25, 0.3) is 0 Å². The van der Waals surface area contributed by atoms with Crippen molar-refractivity contribution >= 4 is 11.3 Å². The highest BCUT2D eigenvalue weighted by Gasteiger charge is 2.40. The topological polar surface area (TPSA) is 12.0 Å². The Hall–Kier alpha value is -0.600. The lowest BCUT2D eigenvalue weighted by Crippen LogP contribution is -2.47. The quantitative estimate of drug-likeness (QED) is 0.770. The van der Waals surface area contributed by atoms with Crippen molar-refractivity contribution in [1.29, 1.82) is 0 Å². The summed E-state index contributed by atoms with van der Waals surface area (Å²) in [5.74, 6) is 1.80. The lowest BCUT2D eigenvalue weighted by Gasteiger charge is -2.40. The maximum Gasteiger partial charge on any atom is 0.0219 e. The molecule has 3 atom stereocenters. The van der Waals surface area contributed by atoms with Crippen LogP contribution in [0, 0.1) is 18.8 Å². The summed E-state index contributed by atoms with van der Waals surface area (Å²) < 4.78 is 0. The Labute approximate surface area is 95.2 Å². The second-order valence-electron chi connectivity index (χ2n) is 4.80. The Morgan fingerprint density at radius 3 is 3.13 bits per heavy atom. The summed E-state index contributed by atoms with van der Waals surface area (Å²) in [6.45, 7) is 3.25. The minimum atomic E-state index is 0.744. The van der Waals surface area contributed by atoms with E-state index in [2.05, 4.69) is 35.2 Å². The molecule has 1 aromatic heterocycles. The van der Waals surface area contributed by atoms with Gasteiger partial charge in [-0.15, -0.1) is 0 Å². The van der Waals surface area contributed by atoms with Crippen LogP contribution in [0.15, 0.2) is 22.9 Å². The van der Waals surface area contributed by atoms with Gasteiger partial charge in [-0.05, 0) is 53.5 Å². The highest BCUT2D eigenvalue weighted by atomic mass is 32.1. The van der Waals surface area contributed by atoms with Crippen LogP contribution in [0.1, 0.15) is 24.0 Å². The van der Waals surface area contributed by atoms with Crippen LogP contribution < -0.4 is 5.32 Å². The standard InChI is InChI=1S/C13H17NS/c1-9-7-15-8-11(9)6-14-13-5-10-3-2-4-12(10)13/h2,4,7-8,10,12-14H,3,5-6H2,1H3. The summed E-state index contributed by atoms with van der Waals surface area (Å²) in [7, 11) is 0. The predicted octanol–water partition coefficient (Wildman–Crippen LogP) is 3.11. The minimum Gasteiger partial charge on any atom is -0.309 e. The number of aryl methyl sites for hydroxylation is 1. The van der Waals surface area contributed by atoms with E-state index in [9.17, 15) is 0 Å². The van der Waals surface area contributed by atoms with E-state index in [1.54, 1.807) is 0 Å². The Morgan fingerprint density at radius 1 is 1.47 bits per heavy atom. The van der Waals surface area contributed by atoms with Gasteiger partial charge in [0.25, 0.3) is 0 Å². The van der Waals surface area contributed by atoms with Crippen molar-refractivity contribution in [2.45, 2.75) is 32.4 Å². The lowest BCUT2D eigenvalue weighted by molar-refractivity contribution is 0.162. The van der Waals surface area contributed by atoms with Gasteiger partial charge >= 0.3 is 0 Å². The summed E-state index contributed by atoms with van der Waals surface area (Å²) in [6, 6.07) is 0.744. The molecule has 0 spiro atoms. The first-order valence-electron chi connectivity index (χ1n) is 5.76. The molecular weight excluding hydrogens is 202 g/mol. The molecule has 3 rings (SSSR count). The van der Waals surface area contributed by atoms with Gasteiger partial charge in [0.05, 0.1) is 0 Å². The van der Waals surface area contributed by atoms with Gasteiger partial charge in [-0.25, -0.2) is 0 Å². The van der Waals surface area contributed by atoms with Crippen molar-refractivity contribution in [1.82, 2.24) is 5.32 Å². The molecule has 80 valence electrons. The molecule has 2 aliphatic carbocycles. The molecule has 0 radical (unpaired) electrons. The van der Waals surface area contributed by atoms with Crippen molar-refractivity contribution in [3.63, 3.8) is 0 Å². The molecule has 1 N–H and O–H groups in total. The monoisotopic (exact) mass is 219 g/mol. The van der Waals surface area contributed by atoms with E-state index in [4.69, 9.17) is 0 Å². The van der Waals surface area contributed by atoms with E-state index in [1.807, 2.05) is 11.3 Å². The van der Waals surface area contributed by atoms with Crippen molar-refractivity contribution in [3.05, 3.63) is 34.0 Å². The van der Waals surface area contributed by atoms with Crippen molar-refractivity contribution in [3.8, 4) is 0 Å². The van der Waals surface area contributed by atoms with E-state index in [-0.39, 0.29) is 0 Å². The third-order valence-electron chi connectivity index (χ3n) is 3.88. The Morgan fingerprint density at radius 2 is 2.40 bits per heavy atom. The van der Waals surface area contributed by atoms with Gasteiger partial charge in [-0.3, -0.25) is 0 Å². The van der Waals surface area contributed by atoms with Gasteiger partial charge in [-0.2, -0.15) is 11.3 Å². The SMILES string of the molecule is Cc1cscc1CNC1CC2CC=CC21. The fourth-order valence-corrected chi connectivity index (χ4v) is 3.61. The number of fused-ring (bicyclic) bond motifs is 1. The Kier molecular flexibility index (Phi) is 2.41. The molecule has 0 aliphatic heterocycles. The zero-order valence-electron chi connectivity index (χ0n) is 9.07. The molecule has 0 amide bonds. The average molecular weight is 219 g/mol. The number of rotatable bonds is 3.